The predicted octanol–water partition coefficient (Wildman–Crippen LogP) is 1.80. The van der Waals surface area contributed by atoms with E-state index in [1.54, 1.807) is 6.07 Å². The van der Waals surface area contributed by atoms with Gasteiger partial charge >= 0.3 is 0 Å². The highest BCUT2D eigenvalue weighted by atomic mass is 15.2. The van der Waals surface area contributed by atoms with Crippen molar-refractivity contribution in [1.82, 2.24) is 9.88 Å². The first-order valence-electron chi connectivity index (χ1n) is 6.71. The van der Waals surface area contributed by atoms with Gasteiger partial charge in [-0.2, -0.15) is 5.26 Å². The van der Waals surface area contributed by atoms with Crippen LogP contribution in [0.2, 0.25) is 0 Å². The summed E-state index contributed by atoms with van der Waals surface area (Å²) in [5.74, 6) is 0.496. The van der Waals surface area contributed by atoms with Crippen LogP contribution in [0.5, 0.6) is 0 Å². The highest BCUT2D eigenvalue weighted by Crippen LogP contribution is 2.27. The van der Waals surface area contributed by atoms with Crippen molar-refractivity contribution < 1.29 is 0 Å². The molecule has 1 aliphatic heterocycles. The van der Waals surface area contributed by atoms with E-state index in [9.17, 15) is 0 Å². The largest absolute Gasteiger partial charge is 0.384 e. The zero-order valence-electron chi connectivity index (χ0n) is 11.4. The van der Waals surface area contributed by atoms with Gasteiger partial charge in [0.25, 0.3) is 0 Å². The molecule has 1 atom stereocenters. The smallest absolute Gasteiger partial charge is 0.126 e. The molecule has 1 aromatic heterocycles. The molecular formula is C15H17N5. The number of aromatic nitrogens is 1. The summed E-state index contributed by atoms with van der Waals surface area (Å²) in [6.45, 7) is 2.11. The van der Waals surface area contributed by atoms with Gasteiger partial charge in [0.05, 0.1) is 17.1 Å². The second kappa shape index (κ2) is 4.99. The lowest BCUT2D eigenvalue weighted by Gasteiger charge is -2.16. The predicted molar refractivity (Wildman–Crippen MR) is 80.4 cm³/mol. The maximum Gasteiger partial charge on any atom is 0.126 e. The Balaban J connectivity index is 2.02. The van der Waals surface area contributed by atoms with Crippen LogP contribution in [0.25, 0.3) is 10.9 Å². The second-order valence-electron chi connectivity index (χ2n) is 5.33. The number of pyridine rings is 1. The van der Waals surface area contributed by atoms with Crippen molar-refractivity contribution in [3.8, 4) is 6.07 Å². The van der Waals surface area contributed by atoms with Crippen molar-refractivity contribution in [3.05, 3.63) is 29.8 Å². The number of anilines is 2. The van der Waals surface area contributed by atoms with Crippen molar-refractivity contribution >= 4 is 22.4 Å². The van der Waals surface area contributed by atoms with Crippen LogP contribution in [-0.4, -0.2) is 36.1 Å². The Morgan fingerprint density at radius 2 is 2.30 bits per heavy atom. The van der Waals surface area contributed by atoms with Crippen LogP contribution in [0.15, 0.2) is 24.3 Å². The van der Waals surface area contributed by atoms with E-state index in [-0.39, 0.29) is 0 Å². The maximum absolute atomic E-state index is 9.04. The Hall–Kier alpha value is -2.32. The molecule has 0 amide bonds. The minimum atomic E-state index is 0.413. The minimum absolute atomic E-state index is 0.413. The number of nitriles is 1. The van der Waals surface area contributed by atoms with Crippen LogP contribution in [-0.2, 0) is 0 Å². The molecule has 0 bridgehead atoms. The number of fused-ring (bicyclic) bond motifs is 1. The number of hydrogen-bond acceptors (Lipinski definition) is 5. The van der Waals surface area contributed by atoms with Gasteiger partial charge in [-0.15, -0.1) is 0 Å². The van der Waals surface area contributed by atoms with Gasteiger partial charge in [-0.1, -0.05) is 0 Å². The number of nitrogens with zero attached hydrogens (tertiary/aromatic N) is 3. The number of hydrogen-bond donors (Lipinski definition) is 2. The molecule has 1 aromatic carbocycles. The third-order valence-corrected chi connectivity index (χ3v) is 3.71. The molecule has 3 rings (SSSR count). The molecule has 0 aliphatic carbocycles. The fourth-order valence-electron chi connectivity index (χ4n) is 2.71. The Kier molecular flexibility index (Phi) is 3.17. The normalized spacial score (nSPS) is 19.1. The lowest BCUT2D eigenvalue weighted by atomic mass is 10.1. The molecular weight excluding hydrogens is 250 g/mol. The van der Waals surface area contributed by atoms with Gasteiger partial charge in [0.15, 0.2) is 0 Å². The summed E-state index contributed by atoms with van der Waals surface area (Å²) < 4.78 is 0. The molecule has 0 saturated carbocycles. The van der Waals surface area contributed by atoms with Gasteiger partial charge in [-0.3, -0.25) is 0 Å². The SMILES string of the molecule is CN1CC[C@@H](Nc2cc(N)nc3ccc(C#N)cc23)C1. The number of likely N-dealkylation sites (N-methyl/N-ethyl adjacent to an activating group) is 1. The summed E-state index contributed by atoms with van der Waals surface area (Å²) in [5, 5.41) is 13.5. The molecule has 3 N–H and O–H groups in total. The summed E-state index contributed by atoms with van der Waals surface area (Å²) in [5.41, 5.74) is 8.29. The van der Waals surface area contributed by atoms with E-state index in [2.05, 4.69) is 28.3 Å². The fraction of sp³-hybridized carbons (Fsp3) is 0.333. The third-order valence-electron chi connectivity index (χ3n) is 3.71. The number of nitrogen functional groups attached to an aromatic ring is 1. The van der Waals surface area contributed by atoms with Crippen molar-refractivity contribution in [2.45, 2.75) is 12.5 Å². The molecule has 2 heterocycles. The van der Waals surface area contributed by atoms with Crippen molar-refractivity contribution in [1.29, 1.82) is 5.26 Å². The summed E-state index contributed by atoms with van der Waals surface area (Å²) in [4.78, 5) is 6.62. The first-order valence-corrected chi connectivity index (χ1v) is 6.71. The molecule has 0 spiro atoms. The molecule has 0 unspecified atom stereocenters. The topological polar surface area (TPSA) is 78.0 Å². The summed E-state index contributed by atoms with van der Waals surface area (Å²) in [6.07, 6.45) is 1.11. The summed E-state index contributed by atoms with van der Waals surface area (Å²) >= 11 is 0. The molecule has 1 saturated heterocycles. The summed E-state index contributed by atoms with van der Waals surface area (Å²) in [6, 6.07) is 9.90. The lowest BCUT2D eigenvalue weighted by molar-refractivity contribution is 0.414. The van der Waals surface area contributed by atoms with Crippen LogP contribution >= 0.6 is 0 Å². The van der Waals surface area contributed by atoms with E-state index in [0.717, 1.165) is 36.1 Å². The highest BCUT2D eigenvalue weighted by Gasteiger charge is 2.20. The molecule has 0 radical (unpaired) electrons. The van der Waals surface area contributed by atoms with Gasteiger partial charge in [-0.05, 0) is 38.2 Å². The number of nitrogens with one attached hydrogen (secondary N) is 1. The van der Waals surface area contributed by atoms with Crippen LogP contribution in [0.3, 0.4) is 0 Å². The number of benzene rings is 1. The molecule has 1 aliphatic rings. The zero-order valence-corrected chi connectivity index (χ0v) is 11.4. The first-order chi connectivity index (χ1) is 9.65. The minimum Gasteiger partial charge on any atom is -0.384 e. The van der Waals surface area contributed by atoms with Gasteiger partial charge < -0.3 is 16.0 Å². The van der Waals surface area contributed by atoms with Crippen LogP contribution < -0.4 is 11.1 Å². The van der Waals surface area contributed by atoms with Gasteiger partial charge in [0.1, 0.15) is 5.82 Å². The van der Waals surface area contributed by atoms with E-state index in [1.165, 1.54) is 0 Å². The number of nitrogens with two attached hydrogens (primary N) is 1. The molecule has 102 valence electrons. The number of likely N-dealkylation sites (tertiary alicyclic amines) is 1. The molecule has 20 heavy (non-hydrogen) atoms. The van der Waals surface area contributed by atoms with E-state index < -0.39 is 0 Å². The third kappa shape index (κ3) is 2.38. The lowest BCUT2D eigenvalue weighted by Crippen LogP contribution is -2.23. The van der Waals surface area contributed by atoms with Crippen molar-refractivity contribution in [2.75, 3.05) is 31.2 Å². The second-order valence-corrected chi connectivity index (χ2v) is 5.33. The molecule has 5 nitrogen and oxygen atoms in total. The Morgan fingerprint density at radius 3 is 3.00 bits per heavy atom. The van der Waals surface area contributed by atoms with Crippen molar-refractivity contribution in [2.24, 2.45) is 0 Å². The number of rotatable bonds is 2. The summed E-state index contributed by atoms with van der Waals surface area (Å²) in [7, 11) is 2.12. The Labute approximate surface area is 118 Å². The highest BCUT2D eigenvalue weighted by molar-refractivity contribution is 5.93. The van der Waals surface area contributed by atoms with E-state index >= 15 is 0 Å². The fourth-order valence-corrected chi connectivity index (χ4v) is 2.71. The van der Waals surface area contributed by atoms with Gasteiger partial charge in [0.2, 0.25) is 0 Å². The zero-order chi connectivity index (χ0) is 14.1. The van der Waals surface area contributed by atoms with Crippen LogP contribution in [0, 0.1) is 11.3 Å². The average molecular weight is 267 g/mol. The standard InChI is InChI=1S/C15H17N5/c1-20-5-4-11(9-20)18-14-7-15(17)19-13-3-2-10(8-16)6-12(13)14/h2-3,6-7,11H,4-5,9H2,1H3,(H3,17,18,19)/t11-/m1/s1. The molecule has 1 fully saturated rings. The Morgan fingerprint density at radius 1 is 1.45 bits per heavy atom. The average Bonchev–Trinajstić information content (AvgIpc) is 2.83. The van der Waals surface area contributed by atoms with Crippen LogP contribution in [0.1, 0.15) is 12.0 Å². The van der Waals surface area contributed by atoms with E-state index in [4.69, 9.17) is 11.0 Å². The quantitative estimate of drug-likeness (QED) is 0.867. The van der Waals surface area contributed by atoms with E-state index in [1.807, 2.05) is 18.2 Å². The van der Waals surface area contributed by atoms with Gasteiger partial charge in [0, 0.05) is 29.7 Å². The Bertz CT molecular complexity index is 688. The first kappa shape index (κ1) is 12.7. The van der Waals surface area contributed by atoms with Crippen molar-refractivity contribution in [3.63, 3.8) is 0 Å². The molecule has 2 aromatic rings. The maximum atomic E-state index is 9.04. The van der Waals surface area contributed by atoms with Gasteiger partial charge in [-0.25, -0.2) is 4.98 Å². The van der Waals surface area contributed by atoms with E-state index in [0.29, 0.717) is 17.4 Å². The van der Waals surface area contributed by atoms with Crippen LogP contribution in [0.4, 0.5) is 11.5 Å². The molecule has 5 heteroatoms. The monoisotopic (exact) mass is 267 g/mol.